The monoisotopic (exact) mass is 367 g/mol. The first-order valence-electron chi connectivity index (χ1n) is 9.09. The van der Waals surface area contributed by atoms with Crippen molar-refractivity contribution in [2.45, 2.75) is 32.2 Å². The van der Waals surface area contributed by atoms with Gasteiger partial charge < -0.3 is 20.1 Å². The molecule has 0 radical (unpaired) electrons. The molecule has 140 valence electrons. The van der Waals surface area contributed by atoms with Crippen molar-refractivity contribution >= 4 is 33.7 Å². The number of fused-ring (bicyclic) bond motifs is 3. The number of carbonyl (C=O) groups excluding carboxylic acids is 1. The van der Waals surface area contributed by atoms with Crippen molar-refractivity contribution in [2.24, 2.45) is 11.7 Å². The largest absolute Gasteiger partial charge is 0.480 e. The number of carboxylic acids is 1. The molecule has 7 nitrogen and oxygen atoms in total. The van der Waals surface area contributed by atoms with Crippen LogP contribution in [0.25, 0.3) is 21.8 Å². The minimum Gasteiger partial charge on any atom is -0.480 e. The quantitative estimate of drug-likeness (QED) is 0.696. The van der Waals surface area contributed by atoms with Gasteiger partial charge in [-0.05, 0) is 30.9 Å². The van der Waals surface area contributed by atoms with E-state index < -0.39 is 18.5 Å². The summed E-state index contributed by atoms with van der Waals surface area (Å²) < 4.78 is 7.64. The second kappa shape index (κ2) is 6.90. The highest BCUT2D eigenvalue weighted by molar-refractivity contribution is 6.19. The Morgan fingerprint density at radius 1 is 1.19 bits per heavy atom. The van der Waals surface area contributed by atoms with E-state index >= 15 is 0 Å². The van der Waals surface area contributed by atoms with Gasteiger partial charge in [0.2, 0.25) is 5.91 Å². The summed E-state index contributed by atoms with van der Waals surface area (Å²) in [7, 11) is 0. The summed E-state index contributed by atoms with van der Waals surface area (Å²) in [4.78, 5) is 27.3. The number of amides is 1. The van der Waals surface area contributed by atoms with Crippen LogP contribution < -0.4 is 10.5 Å². The van der Waals surface area contributed by atoms with Crippen LogP contribution in [0.3, 0.4) is 0 Å². The summed E-state index contributed by atoms with van der Waals surface area (Å²) in [5.74, 6) is -0.679. The van der Waals surface area contributed by atoms with Crippen molar-refractivity contribution in [1.29, 1.82) is 0 Å². The van der Waals surface area contributed by atoms with Gasteiger partial charge in [0.1, 0.15) is 5.75 Å². The molecule has 1 aliphatic carbocycles. The molecule has 1 fully saturated rings. The number of nitrogens with two attached hydrogens (primary N) is 1. The molecule has 0 unspecified atom stereocenters. The van der Waals surface area contributed by atoms with Crippen molar-refractivity contribution in [3.63, 3.8) is 0 Å². The highest BCUT2D eigenvalue weighted by atomic mass is 16.5. The Kier molecular flexibility index (Phi) is 4.43. The number of hydrogen-bond acceptors (Lipinski definition) is 4. The molecule has 0 saturated heterocycles. The molecule has 1 amide bonds. The molecular formula is C20H21N3O4. The van der Waals surface area contributed by atoms with E-state index in [0.717, 1.165) is 17.6 Å². The highest BCUT2D eigenvalue weighted by Crippen LogP contribution is 2.38. The number of aromatic nitrogens is 2. The Morgan fingerprint density at radius 3 is 2.67 bits per heavy atom. The van der Waals surface area contributed by atoms with Crippen molar-refractivity contribution in [1.82, 2.24) is 9.55 Å². The molecule has 0 bridgehead atoms. The first kappa shape index (κ1) is 17.3. The van der Waals surface area contributed by atoms with Crippen LogP contribution in [-0.4, -0.2) is 33.1 Å². The zero-order valence-corrected chi connectivity index (χ0v) is 14.9. The maximum absolute atomic E-state index is 12.1. The summed E-state index contributed by atoms with van der Waals surface area (Å²) in [5.41, 5.74) is 7.73. The predicted molar refractivity (Wildman–Crippen MR) is 101 cm³/mol. The van der Waals surface area contributed by atoms with E-state index in [1.165, 1.54) is 31.9 Å². The number of carbonyl (C=O) groups is 2. The van der Waals surface area contributed by atoms with E-state index in [1.807, 2.05) is 12.1 Å². The SMILES string of the molecule is NC(=O)c1cccc2c1c1c(OCC(=O)O)cncc1n2CC1CCCC1. The predicted octanol–water partition coefficient (Wildman–Crippen LogP) is 2.94. The van der Waals surface area contributed by atoms with Crippen LogP contribution >= 0.6 is 0 Å². The molecule has 2 aromatic heterocycles. The van der Waals surface area contributed by atoms with E-state index in [1.54, 1.807) is 12.3 Å². The summed E-state index contributed by atoms with van der Waals surface area (Å²) in [6.45, 7) is 0.348. The van der Waals surface area contributed by atoms with Crippen LogP contribution in [-0.2, 0) is 11.3 Å². The second-order valence-electron chi connectivity index (χ2n) is 7.04. The lowest BCUT2D eigenvalue weighted by Gasteiger charge is -2.13. The minimum atomic E-state index is -1.07. The van der Waals surface area contributed by atoms with Crippen molar-refractivity contribution in [2.75, 3.05) is 6.61 Å². The van der Waals surface area contributed by atoms with Gasteiger partial charge in [0.15, 0.2) is 6.61 Å². The Morgan fingerprint density at radius 2 is 1.96 bits per heavy atom. The Balaban J connectivity index is 1.98. The van der Waals surface area contributed by atoms with Gasteiger partial charge >= 0.3 is 5.97 Å². The fraction of sp³-hybridized carbons (Fsp3) is 0.350. The van der Waals surface area contributed by atoms with Crippen molar-refractivity contribution in [3.8, 4) is 5.75 Å². The van der Waals surface area contributed by atoms with Gasteiger partial charge in [0, 0.05) is 17.5 Å². The number of primary amides is 1. The number of pyridine rings is 1. The van der Waals surface area contributed by atoms with Gasteiger partial charge in [-0.25, -0.2) is 4.79 Å². The molecule has 1 saturated carbocycles. The van der Waals surface area contributed by atoms with E-state index in [9.17, 15) is 9.59 Å². The lowest BCUT2D eigenvalue weighted by Crippen LogP contribution is -2.12. The summed E-state index contributed by atoms with van der Waals surface area (Å²) >= 11 is 0. The lowest BCUT2D eigenvalue weighted by atomic mass is 10.1. The second-order valence-corrected chi connectivity index (χ2v) is 7.04. The summed E-state index contributed by atoms with van der Waals surface area (Å²) in [6.07, 6.45) is 8.06. The van der Waals surface area contributed by atoms with Crippen molar-refractivity contribution < 1.29 is 19.4 Å². The Labute approximate surface area is 155 Å². The number of benzene rings is 1. The molecule has 7 heteroatoms. The van der Waals surface area contributed by atoms with E-state index in [4.69, 9.17) is 15.6 Å². The highest BCUT2D eigenvalue weighted by Gasteiger charge is 2.23. The molecule has 3 N–H and O–H groups in total. The fourth-order valence-corrected chi connectivity index (χ4v) is 4.15. The number of hydrogen-bond donors (Lipinski definition) is 2. The maximum atomic E-state index is 12.1. The van der Waals surface area contributed by atoms with Gasteiger partial charge in [0.05, 0.1) is 28.8 Å². The smallest absolute Gasteiger partial charge is 0.341 e. The average Bonchev–Trinajstić information content (AvgIpc) is 3.27. The standard InChI is InChI=1S/C20H21N3O4/c21-20(26)13-6-3-7-14-18(13)19-15(23(14)10-12-4-1-2-5-12)8-22-9-16(19)27-11-17(24)25/h3,6-9,12H,1-2,4-5,10-11H2,(H2,21,26)(H,24,25). The number of ether oxygens (including phenoxy) is 1. The molecule has 1 aliphatic rings. The fourth-order valence-electron chi connectivity index (χ4n) is 4.15. The number of nitrogens with zero attached hydrogens (tertiary/aromatic N) is 2. The van der Waals surface area contributed by atoms with E-state index in [0.29, 0.717) is 28.0 Å². The molecule has 27 heavy (non-hydrogen) atoms. The van der Waals surface area contributed by atoms with Gasteiger partial charge in [-0.2, -0.15) is 0 Å². The summed E-state index contributed by atoms with van der Waals surface area (Å²) in [5, 5.41) is 10.4. The molecule has 0 aliphatic heterocycles. The van der Waals surface area contributed by atoms with Crippen LogP contribution in [0.15, 0.2) is 30.6 Å². The lowest BCUT2D eigenvalue weighted by molar-refractivity contribution is -0.139. The molecule has 2 heterocycles. The van der Waals surface area contributed by atoms with Crippen LogP contribution in [0, 0.1) is 5.92 Å². The number of aliphatic carboxylic acids is 1. The Hall–Kier alpha value is -3.09. The van der Waals surface area contributed by atoms with Crippen LogP contribution in [0.1, 0.15) is 36.0 Å². The third kappa shape index (κ3) is 3.09. The first-order valence-corrected chi connectivity index (χ1v) is 9.09. The maximum Gasteiger partial charge on any atom is 0.341 e. The zero-order valence-electron chi connectivity index (χ0n) is 14.9. The minimum absolute atomic E-state index is 0.346. The third-order valence-electron chi connectivity index (χ3n) is 5.30. The van der Waals surface area contributed by atoms with E-state index in [2.05, 4.69) is 9.55 Å². The Bertz CT molecular complexity index is 1030. The molecule has 0 spiro atoms. The van der Waals surface area contributed by atoms with Crippen LogP contribution in [0.2, 0.25) is 0 Å². The van der Waals surface area contributed by atoms with Crippen LogP contribution in [0.4, 0.5) is 0 Å². The van der Waals surface area contributed by atoms with E-state index in [-0.39, 0.29) is 0 Å². The zero-order chi connectivity index (χ0) is 19.0. The van der Waals surface area contributed by atoms with Gasteiger partial charge in [-0.3, -0.25) is 9.78 Å². The number of rotatable bonds is 6. The molecule has 3 aromatic rings. The normalized spacial score (nSPS) is 14.8. The summed E-state index contributed by atoms with van der Waals surface area (Å²) in [6, 6.07) is 5.46. The van der Waals surface area contributed by atoms with Gasteiger partial charge in [-0.15, -0.1) is 0 Å². The first-order chi connectivity index (χ1) is 13.1. The van der Waals surface area contributed by atoms with Crippen LogP contribution in [0.5, 0.6) is 5.75 Å². The third-order valence-corrected chi connectivity index (χ3v) is 5.30. The molecular weight excluding hydrogens is 346 g/mol. The molecule has 4 rings (SSSR count). The van der Waals surface area contributed by atoms with Gasteiger partial charge in [-0.1, -0.05) is 18.9 Å². The molecule has 1 aromatic carbocycles. The number of carboxylic acid groups (broad SMARTS) is 1. The van der Waals surface area contributed by atoms with Crippen molar-refractivity contribution in [3.05, 3.63) is 36.2 Å². The van der Waals surface area contributed by atoms with Gasteiger partial charge in [0.25, 0.3) is 0 Å². The average molecular weight is 367 g/mol. The topological polar surface area (TPSA) is 107 Å². The molecule has 0 atom stereocenters.